The Balaban J connectivity index is 1.17. The zero-order valence-corrected chi connectivity index (χ0v) is 19.8. The van der Waals surface area contributed by atoms with Crippen molar-refractivity contribution in [1.82, 2.24) is 24.6 Å². The number of likely N-dealkylation sites (tertiary alicyclic amines) is 1. The summed E-state index contributed by atoms with van der Waals surface area (Å²) in [5, 5.41) is 11.9. The first-order valence-electron chi connectivity index (χ1n) is 11.8. The maximum Gasteiger partial charge on any atom is 0.228 e. The van der Waals surface area contributed by atoms with Crippen molar-refractivity contribution in [2.24, 2.45) is 0 Å². The molecule has 1 aromatic carbocycles. The molecule has 3 aromatic rings. The lowest BCUT2D eigenvalue weighted by Crippen LogP contribution is -2.39. The van der Waals surface area contributed by atoms with Crippen LogP contribution in [0.15, 0.2) is 29.6 Å². The molecule has 2 aliphatic rings. The zero-order chi connectivity index (χ0) is 22.1. The molecule has 0 saturated carbocycles. The van der Waals surface area contributed by atoms with E-state index >= 15 is 0 Å². The second-order valence-electron chi connectivity index (χ2n) is 9.34. The molecule has 1 fully saturated rings. The maximum atomic E-state index is 12.9. The molecule has 0 aliphatic carbocycles. The molecule has 1 saturated heterocycles. The van der Waals surface area contributed by atoms with Crippen LogP contribution in [0.2, 0.25) is 0 Å². The number of hydrogen-bond donors (Lipinski definition) is 0. The number of fused-ring (bicyclic) bond motifs is 1. The summed E-state index contributed by atoms with van der Waals surface area (Å²) in [7, 11) is 0. The number of rotatable bonds is 5. The summed E-state index contributed by atoms with van der Waals surface area (Å²) in [4.78, 5) is 19.7. The molecule has 6 nitrogen and oxygen atoms in total. The second kappa shape index (κ2) is 9.14. The van der Waals surface area contributed by atoms with Gasteiger partial charge in [-0.05, 0) is 37.2 Å². The van der Waals surface area contributed by atoms with Crippen LogP contribution < -0.4 is 0 Å². The Bertz CT molecular complexity index is 1080. The molecule has 32 heavy (non-hydrogen) atoms. The van der Waals surface area contributed by atoms with E-state index < -0.39 is 0 Å². The number of hydrogen-bond acceptors (Lipinski definition) is 5. The second-order valence-corrected chi connectivity index (χ2v) is 10.2. The molecule has 7 heteroatoms. The van der Waals surface area contributed by atoms with Crippen LogP contribution in [-0.2, 0) is 24.2 Å². The third kappa shape index (κ3) is 4.35. The van der Waals surface area contributed by atoms with Gasteiger partial charge in [0.25, 0.3) is 0 Å². The van der Waals surface area contributed by atoms with Gasteiger partial charge < -0.3 is 9.47 Å². The van der Waals surface area contributed by atoms with Crippen molar-refractivity contribution >= 4 is 17.2 Å². The van der Waals surface area contributed by atoms with Crippen molar-refractivity contribution in [1.29, 1.82) is 0 Å². The van der Waals surface area contributed by atoms with Crippen molar-refractivity contribution in [3.05, 3.63) is 52.6 Å². The molecule has 2 aliphatic heterocycles. The predicted molar refractivity (Wildman–Crippen MR) is 127 cm³/mol. The monoisotopic (exact) mass is 449 g/mol. The van der Waals surface area contributed by atoms with Crippen molar-refractivity contribution < 1.29 is 4.79 Å². The van der Waals surface area contributed by atoms with Gasteiger partial charge in [-0.1, -0.05) is 38.1 Å². The first kappa shape index (κ1) is 21.3. The molecule has 0 bridgehead atoms. The molecule has 1 amide bonds. The van der Waals surface area contributed by atoms with Gasteiger partial charge >= 0.3 is 0 Å². The first-order valence-corrected chi connectivity index (χ1v) is 12.7. The Labute approximate surface area is 193 Å². The van der Waals surface area contributed by atoms with Gasteiger partial charge in [0, 0.05) is 42.9 Å². The van der Waals surface area contributed by atoms with Crippen molar-refractivity contribution in [3.8, 4) is 10.6 Å². The summed E-state index contributed by atoms with van der Waals surface area (Å²) in [6, 6.07) is 8.60. The minimum Gasteiger partial charge on any atom is -0.342 e. The van der Waals surface area contributed by atoms with Crippen LogP contribution in [0.1, 0.15) is 74.3 Å². The van der Waals surface area contributed by atoms with E-state index in [1.807, 2.05) is 10.3 Å². The van der Waals surface area contributed by atoms with Crippen LogP contribution >= 0.6 is 11.3 Å². The number of carbonyl (C=O) groups excluding carboxylic acids is 1. The van der Waals surface area contributed by atoms with E-state index in [4.69, 9.17) is 4.98 Å². The number of thiazole rings is 1. The number of nitrogens with zero attached hydrogens (tertiary/aromatic N) is 5. The highest BCUT2D eigenvalue weighted by molar-refractivity contribution is 7.13. The lowest BCUT2D eigenvalue weighted by molar-refractivity contribution is -0.131. The van der Waals surface area contributed by atoms with E-state index in [0.29, 0.717) is 18.3 Å². The van der Waals surface area contributed by atoms with Gasteiger partial charge in [0.2, 0.25) is 5.91 Å². The summed E-state index contributed by atoms with van der Waals surface area (Å²) >= 11 is 1.62. The van der Waals surface area contributed by atoms with E-state index in [0.717, 1.165) is 66.8 Å². The summed E-state index contributed by atoms with van der Waals surface area (Å²) in [5.74, 6) is 3.40. The lowest BCUT2D eigenvalue weighted by atomic mass is 9.95. The third-order valence-electron chi connectivity index (χ3n) is 6.81. The van der Waals surface area contributed by atoms with Crippen LogP contribution in [0, 0.1) is 0 Å². The largest absolute Gasteiger partial charge is 0.342 e. The molecule has 0 radical (unpaired) electrons. The molecule has 0 atom stereocenters. The molecule has 0 spiro atoms. The molecule has 0 unspecified atom stereocenters. The Morgan fingerprint density at radius 1 is 1.09 bits per heavy atom. The molecule has 4 heterocycles. The number of aromatic nitrogens is 4. The fraction of sp³-hybridized carbons (Fsp3) is 0.520. The highest BCUT2D eigenvalue weighted by Gasteiger charge is 2.29. The van der Waals surface area contributed by atoms with Gasteiger partial charge in [0.1, 0.15) is 16.7 Å². The van der Waals surface area contributed by atoms with E-state index in [9.17, 15) is 4.79 Å². The van der Waals surface area contributed by atoms with Gasteiger partial charge in [-0.3, -0.25) is 4.79 Å². The number of carbonyl (C=O) groups is 1. The third-order valence-corrected chi connectivity index (χ3v) is 7.75. The van der Waals surface area contributed by atoms with Crippen molar-refractivity contribution in [2.45, 2.75) is 70.8 Å². The van der Waals surface area contributed by atoms with Crippen molar-refractivity contribution in [2.75, 3.05) is 13.1 Å². The smallest absolute Gasteiger partial charge is 0.228 e. The molecular formula is C25H31N5OS. The van der Waals surface area contributed by atoms with Gasteiger partial charge in [-0.2, -0.15) is 0 Å². The quantitative estimate of drug-likeness (QED) is 0.561. The van der Waals surface area contributed by atoms with E-state index in [-0.39, 0.29) is 5.91 Å². The standard InChI is InChI=1S/C25H31N5OS/c1-17(2)18-6-8-20(9-7-18)25-26-21(16-32-25)15-23(31)29-13-10-19(11-14-29)24-28-27-22-5-3-4-12-30(22)24/h6-9,16-17,19H,3-5,10-15H2,1-2H3. The molecule has 0 N–H and O–H groups in total. The first-order chi connectivity index (χ1) is 15.6. The summed E-state index contributed by atoms with van der Waals surface area (Å²) in [6.07, 6.45) is 5.79. The highest BCUT2D eigenvalue weighted by atomic mass is 32.1. The van der Waals surface area contributed by atoms with Crippen molar-refractivity contribution in [3.63, 3.8) is 0 Å². The SMILES string of the molecule is CC(C)c1ccc(-c2nc(CC(=O)N3CCC(c4nnc5n4CCCC5)CC3)cs2)cc1. The molecule has 168 valence electrons. The van der Waals surface area contributed by atoms with Gasteiger partial charge in [0.15, 0.2) is 0 Å². The number of piperidine rings is 1. The van der Waals surface area contributed by atoms with Gasteiger partial charge in [-0.25, -0.2) is 4.98 Å². The number of benzene rings is 1. The predicted octanol–water partition coefficient (Wildman–Crippen LogP) is 4.81. The summed E-state index contributed by atoms with van der Waals surface area (Å²) in [5.41, 5.74) is 3.32. The molecule has 2 aromatic heterocycles. The van der Waals surface area contributed by atoms with Crippen LogP contribution in [0.5, 0.6) is 0 Å². The lowest BCUT2D eigenvalue weighted by Gasteiger charge is -2.32. The Morgan fingerprint density at radius 3 is 2.62 bits per heavy atom. The van der Waals surface area contributed by atoms with Crippen LogP contribution in [0.4, 0.5) is 0 Å². The minimum absolute atomic E-state index is 0.179. The summed E-state index contributed by atoms with van der Waals surface area (Å²) in [6.45, 7) is 7.03. The average molecular weight is 450 g/mol. The molecule has 5 rings (SSSR count). The fourth-order valence-electron chi connectivity index (χ4n) is 4.82. The maximum absolute atomic E-state index is 12.9. The zero-order valence-electron chi connectivity index (χ0n) is 19.0. The van der Waals surface area contributed by atoms with Crippen LogP contribution in [-0.4, -0.2) is 43.6 Å². The minimum atomic E-state index is 0.179. The highest BCUT2D eigenvalue weighted by Crippen LogP contribution is 2.30. The normalized spacial score (nSPS) is 17.0. The number of amides is 1. The van der Waals surface area contributed by atoms with Crippen LogP contribution in [0.25, 0.3) is 10.6 Å². The molecular weight excluding hydrogens is 418 g/mol. The van der Waals surface area contributed by atoms with Gasteiger partial charge in [-0.15, -0.1) is 21.5 Å². The fourth-order valence-corrected chi connectivity index (χ4v) is 5.64. The van der Waals surface area contributed by atoms with E-state index in [2.05, 4.69) is 52.9 Å². The van der Waals surface area contributed by atoms with Gasteiger partial charge in [0.05, 0.1) is 12.1 Å². The van der Waals surface area contributed by atoms with E-state index in [1.165, 1.54) is 18.4 Å². The topological polar surface area (TPSA) is 63.9 Å². The average Bonchev–Trinajstić information content (AvgIpc) is 3.46. The van der Waals surface area contributed by atoms with E-state index in [1.54, 1.807) is 11.3 Å². The number of aryl methyl sites for hydroxylation is 1. The Kier molecular flexibility index (Phi) is 6.09. The van der Waals surface area contributed by atoms with Crippen LogP contribution in [0.3, 0.4) is 0 Å². The Hall–Kier alpha value is -2.54. The summed E-state index contributed by atoms with van der Waals surface area (Å²) < 4.78 is 2.33. The Morgan fingerprint density at radius 2 is 1.88 bits per heavy atom.